The van der Waals surface area contributed by atoms with Crippen molar-refractivity contribution in [1.82, 2.24) is 19.6 Å². The van der Waals surface area contributed by atoms with E-state index in [9.17, 15) is 14.0 Å². The zero-order valence-electron chi connectivity index (χ0n) is 20.9. The highest BCUT2D eigenvalue weighted by molar-refractivity contribution is 6.01. The van der Waals surface area contributed by atoms with E-state index in [1.54, 1.807) is 10.6 Å². The quantitative estimate of drug-likeness (QED) is 0.360. The summed E-state index contributed by atoms with van der Waals surface area (Å²) in [6, 6.07) is 6.76. The monoisotopic (exact) mass is 494 g/mol. The van der Waals surface area contributed by atoms with E-state index >= 15 is 0 Å². The van der Waals surface area contributed by atoms with Crippen LogP contribution in [0.5, 0.6) is 5.75 Å². The van der Waals surface area contributed by atoms with Crippen molar-refractivity contribution in [3.8, 4) is 5.75 Å². The fourth-order valence-electron chi connectivity index (χ4n) is 5.78. The molecule has 3 heterocycles. The van der Waals surface area contributed by atoms with Gasteiger partial charge in [0, 0.05) is 24.2 Å². The molecule has 0 radical (unpaired) electrons. The smallest absolute Gasteiger partial charge is 0.317 e. The molecule has 9 heteroatoms. The normalized spacial score (nSPS) is 22.8. The van der Waals surface area contributed by atoms with Gasteiger partial charge in [-0.1, -0.05) is 18.9 Å². The molecule has 2 fully saturated rings. The maximum absolute atomic E-state index is 14.2. The van der Waals surface area contributed by atoms with Gasteiger partial charge in [-0.2, -0.15) is 4.98 Å². The van der Waals surface area contributed by atoms with Gasteiger partial charge in [0.25, 0.3) is 5.78 Å². The second-order valence-corrected chi connectivity index (χ2v) is 10.1. The highest BCUT2D eigenvalue weighted by Crippen LogP contribution is 2.45. The van der Waals surface area contributed by atoms with Crippen LogP contribution in [0.2, 0.25) is 0 Å². The predicted octanol–water partition coefficient (Wildman–Crippen LogP) is 4.13. The number of ketones is 1. The second kappa shape index (κ2) is 9.59. The second-order valence-electron chi connectivity index (χ2n) is 10.1. The van der Waals surface area contributed by atoms with Gasteiger partial charge in [0.05, 0.1) is 7.11 Å². The minimum absolute atomic E-state index is 0.0873. The van der Waals surface area contributed by atoms with Crippen LogP contribution in [-0.2, 0) is 27.2 Å². The lowest BCUT2D eigenvalue weighted by Gasteiger charge is -2.43. The molecule has 2 aliphatic rings. The number of hydrogen-bond acceptors (Lipinski definition) is 7. The molecule has 0 amide bonds. The van der Waals surface area contributed by atoms with Crippen LogP contribution in [0, 0.1) is 31.5 Å². The molecule has 0 bridgehead atoms. The maximum Gasteiger partial charge on any atom is 0.317 e. The molecule has 1 aliphatic heterocycles. The summed E-state index contributed by atoms with van der Waals surface area (Å²) in [5.41, 5.74) is 1.62. The van der Waals surface area contributed by atoms with Gasteiger partial charge in [-0.15, -0.1) is 5.10 Å². The highest BCUT2D eigenvalue weighted by Gasteiger charge is 2.51. The zero-order chi connectivity index (χ0) is 25.4. The zero-order valence-corrected chi connectivity index (χ0v) is 20.9. The number of fused-ring (bicyclic) bond motifs is 1. The lowest BCUT2D eigenvalue weighted by Crippen LogP contribution is -2.52. The molecule has 0 N–H and O–H groups in total. The van der Waals surface area contributed by atoms with Crippen molar-refractivity contribution in [2.75, 3.05) is 7.11 Å². The fourth-order valence-corrected chi connectivity index (χ4v) is 5.78. The number of ether oxygens (including phenoxy) is 2. The summed E-state index contributed by atoms with van der Waals surface area (Å²) in [7, 11) is 1.43. The van der Waals surface area contributed by atoms with Crippen LogP contribution in [-0.4, -0.2) is 44.0 Å². The molecule has 2 atom stereocenters. The number of aromatic nitrogens is 4. The summed E-state index contributed by atoms with van der Waals surface area (Å²) in [6.45, 7) is 3.79. The number of methoxy groups -OCH3 is 1. The average molecular weight is 495 g/mol. The lowest BCUT2D eigenvalue weighted by atomic mass is 9.73. The molecule has 1 saturated carbocycles. The number of hydrogen-bond donors (Lipinski definition) is 0. The van der Waals surface area contributed by atoms with Crippen LogP contribution in [0.15, 0.2) is 24.3 Å². The third kappa shape index (κ3) is 4.58. The molecule has 1 saturated heterocycles. The van der Waals surface area contributed by atoms with Gasteiger partial charge in [0.2, 0.25) is 0 Å². The van der Waals surface area contributed by atoms with Gasteiger partial charge in [-0.05, 0) is 69.2 Å². The van der Waals surface area contributed by atoms with E-state index in [1.165, 1.54) is 13.2 Å². The third-order valence-electron chi connectivity index (χ3n) is 7.65. The van der Waals surface area contributed by atoms with Crippen molar-refractivity contribution in [1.29, 1.82) is 0 Å². The minimum Gasteiger partial charge on any atom is -0.494 e. The van der Waals surface area contributed by atoms with Crippen LogP contribution in [0.1, 0.15) is 61.3 Å². The summed E-state index contributed by atoms with van der Waals surface area (Å²) in [6.07, 6.45) is 5.16. The summed E-state index contributed by atoms with van der Waals surface area (Å²) in [4.78, 5) is 35.5. The Kier molecular flexibility index (Phi) is 6.49. The molecular weight excluding hydrogens is 463 g/mol. The lowest BCUT2D eigenvalue weighted by molar-refractivity contribution is -0.185. The first kappa shape index (κ1) is 24.3. The van der Waals surface area contributed by atoms with Gasteiger partial charge < -0.3 is 9.47 Å². The Labute approximate surface area is 209 Å². The molecule has 5 rings (SSSR count). The van der Waals surface area contributed by atoms with Crippen molar-refractivity contribution in [2.45, 2.75) is 70.8 Å². The Morgan fingerprint density at radius 2 is 1.94 bits per heavy atom. The van der Waals surface area contributed by atoms with Crippen molar-refractivity contribution in [3.63, 3.8) is 0 Å². The fraction of sp³-hybridized carbons (Fsp3) is 0.519. The topological polar surface area (TPSA) is 95.7 Å². The number of aryl methyl sites for hydroxylation is 3. The highest BCUT2D eigenvalue weighted by atomic mass is 19.1. The molecule has 8 nitrogen and oxygen atoms in total. The number of carbonyl (C=O) groups is 2. The Morgan fingerprint density at radius 3 is 2.64 bits per heavy atom. The first-order chi connectivity index (χ1) is 17.3. The number of nitrogens with zero attached hydrogens (tertiary/aromatic N) is 4. The number of halogens is 1. The molecule has 0 spiro atoms. The van der Waals surface area contributed by atoms with Gasteiger partial charge in [-0.3, -0.25) is 9.59 Å². The Hall–Kier alpha value is -3.36. The van der Waals surface area contributed by atoms with E-state index in [2.05, 4.69) is 15.1 Å². The largest absolute Gasteiger partial charge is 0.494 e. The minimum atomic E-state index is -0.934. The molecule has 2 aromatic heterocycles. The van der Waals surface area contributed by atoms with Crippen LogP contribution < -0.4 is 4.74 Å². The van der Waals surface area contributed by atoms with E-state index in [1.807, 2.05) is 26.0 Å². The SMILES string of the molecule is COc1ccc(CCC2(C3CCCC3)CC(=O)C(Cc3nc4nc(C)cc(C)n4n3)C(=O)O2)cc1F. The molecule has 36 heavy (non-hydrogen) atoms. The summed E-state index contributed by atoms with van der Waals surface area (Å²) >= 11 is 0. The van der Waals surface area contributed by atoms with Crippen molar-refractivity contribution in [3.05, 3.63) is 52.9 Å². The molecule has 3 aromatic rings. The molecule has 2 unspecified atom stereocenters. The van der Waals surface area contributed by atoms with Gasteiger partial charge in [0.1, 0.15) is 11.5 Å². The first-order valence-corrected chi connectivity index (χ1v) is 12.6. The van der Waals surface area contributed by atoms with Crippen molar-refractivity contribution >= 4 is 17.5 Å². The van der Waals surface area contributed by atoms with E-state index in [0.717, 1.165) is 42.6 Å². The Bertz CT molecular complexity index is 1300. The standard InChI is InChI=1S/C27H31FN4O4/c1-16-12-17(2)32-26(29-16)30-24(31-32)14-20-22(33)15-27(36-25(20)34,19-6-4-5-7-19)11-10-18-8-9-23(35-3)21(28)13-18/h8-9,12-13,19-20H,4-7,10-11,14-15H2,1-3H3. The predicted molar refractivity (Wildman–Crippen MR) is 129 cm³/mol. The molecule has 1 aromatic carbocycles. The van der Waals surface area contributed by atoms with Crippen LogP contribution in [0.3, 0.4) is 0 Å². The van der Waals surface area contributed by atoms with Gasteiger partial charge >= 0.3 is 5.97 Å². The van der Waals surface area contributed by atoms with Crippen molar-refractivity contribution < 1.29 is 23.5 Å². The molecule has 1 aliphatic carbocycles. The van der Waals surface area contributed by atoms with Crippen LogP contribution in [0.4, 0.5) is 4.39 Å². The number of rotatable bonds is 7. The van der Waals surface area contributed by atoms with E-state index in [4.69, 9.17) is 9.47 Å². The van der Waals surface area contributed by atoms with Crippen molar-refractivity contribution in [2.24, 2.45) is 11.8 Å². The summed E-state index contributed by atoms with van der Waals surface area (Å²) in [5, 5.41) is 4.47. The number of cyclic esters (lactones) is 1. The van der Waals surface area contributed by atoms with E-state index < -0.39 is 23.3 Å². The first-order valence-electron chi connectivity index (χ1n) is 12.6. The van der Waals surface area contributed by atoms with E-state index in [-0.39, 0.29) is 30.3 Å². The number of esters is 1. The van der Waals surface area contributed by atoms with E-state index in [0.29, 0.717) is 24.4 Å². The third-order valence-corrected chi connectivity index (χ3v) is 7.65. The Balaban J connectivity index is 1.35. The molecule has 190 valence electrons. The number of Topliss-reactive ketones (excluding diaryl/α,β-unsaturated/α-hetero) is 1. The van der Waals surface area contributed by atoms with Gasteiger partial charge in [0.15, 0.2) is 23.2 Å². The van der Waals surface area contributed by atoms with Gasteiger partial charge in [-0.25, -0.2) is 13.9 Å². The average Bonchev–Trinajstić information content (AvgIpc) is 3.51. The summed E-state index contributed by atoms with van der Waals surface area (Å²) in [5.74, 6) is -0.860. The summed E-state index contributed by atoms with van der Waals surface area (Å²) < 4.78 is 27.0. The number of carbonyl (C=O) groups excluding carboxylic acids is 2. The Morgan fingerprint density at radius 1 is 1.17 bits per heavy atom. The van der Waals surface area contributed by atoms with Crippen LogP contribution >= 0.6 is 0 Å². The number of benzene rings is 1. The maximum atomic E-state index is 14.2. The molecular formula is C27H31FN4O4. The van der Waals surface area contributed by atoms with Crippen LogP contribution in [0.25, 0.3) is 5.78 Å².